The van der Waals surface area contributed by atoms with Gasteiger partial charge < -0.3 is 33.8 Å². The van der Waals surface area contributed by atoms with E-state index in [1.807, 2.05) is 0 Å². The lowest BCUT2D eigenvalue weighted by molar-refractivity contribution is -0.161. The smallest absolute Gasteiger partial charge is 0.462 e. The van der Waals surface area contributed by atoms with Crippen molar-refractivity contribution in [3.8, 4) is 0 Å². The molecule has 0 amide bonds. The van der Waals surface area contributed by atoms with Gasteiger partial charge in [-0.3, -0.25) is 37.3 Å². The van der Waals surface area contributed by atoms with Crippen LogP contribution in [-0.2, 0) is 65.4 Å². The number of carbonyl (C=O) groups is 4. The summed E-state index contributed by atoms with van der Waals surface area (Å²) < 4.78 is 68.6. The molecule has 0 saturated carbocycles. The molecule has 0 fully saturated rings. The fourth-order valence-corrected chi connectivity index (χ4v) is 13.6. The highest BCUT2D eigenvalue weighted by molar-refractivity contribution is 7.47. The second-order valence-electron chi connectivity index (χ2n) is 29.4. The van der Waals surface area contributed by atoms with Gasteiger partial charge in [-0.2, -0.15) is 0 Å². The molecule has 0 bridgehead atoms. The third-order valence-electron chi connectivity index (χ3n) is 19.1. The molecular formula is C79H154O17P2. The zero-order valence-corrected chi connectivity index (χ0v) is 66.0. The molecular weight excluding hydrogens is 1280 g/mol. The first kappa shape index (κ1) is 96.1. The molecule has 0 aromatic carbocycles. The standard InChI is InChI=1S/C79H154O17P2/c1-8-11-12-13-14-15-16-28-34-39-48-55-62-78(83)96-75(67-90-77(82)61-54-47-42-41-45-52-59-72(7)10-3)69-94-98(87,88)92-65-73(80)64-91-97(85,86)93-68-74(95-79(84)63-56-49-40-35-30-25-19-17-18-22-26-31-36-43-50-57-70(4)5)66-89-76(81)60-53-46-38-33-29-24-21-20-23-27-32-37-44-51-58-71(6)9-2/h70-75,80H,8-69H2,1-7H3,(H,85,86)(H,87,88)/t71?,72?,73-,74-,75-/m1/s1. The Hall–Kier alpha value is -1.94. The van der Waals surface area contributed by atoms with E-state index in [9.17, 15) is 43.2 Å². The first-order valence-corrected chi connectivity index (χ1v) is 43.9. The van der Waals surface area contributed by atoms with Crippen molar-refractivity contribution in [2.45, 2.75) is 426 Å². The number of carbonyl (C=O) groups excluding carboxylic acids is 4. The third-order valence-corrected chi connectivity index (χ3v) is 21.0. The maximum atomic E-state index is 13.1. The second kappa shape index (κ2) is 69.4. The van der Waals surface area contributed by atoms with Crippen LogP contribution >= 0.6 is 15.6 Å². The van der Waals surface area contributed by atoms with Crippen LogP contribution in [0.3, 0.4) is 0 Å². The van der Waals surface area contributed by atoms with Crippen molar-refractivity contribution < 1.29 is 80.2 Å². The Labute approximate surface area is 600 Å². The molecule has 19 heteroatoms. The number of unbranched alkanes of at least 4 members (excludes halogenated alkanes) is 43. The topological polar surface area (TPSA) is 237 Å². The Morgan fingerprint density at radius 2 is 0.520 bits per heavy atom. The first-order chi connectivity index (χ1) is 47.3. The Morgan fingerprint density at radius 1 is 0.296 bits per heavy atom. The maximum absolute atomic E-state index is 13.1. The molecule has 0 heterocycles. The highest BCUT2D eigenvalue weighted by atomic mass is 31.2. The van der Waals surface area contributed by atoms with Crippen LogP contribution in [0.15, 0.2) is 0 Å². The summed E-state index contributed by atoms with van der Waals surface area (Å²) in [5.74, 6) is 0.270. The predicted octanol–water partition coefficient (Wildman–Crippen LogP) is 23.4. The van der Waals surface area contributed by atoms with E-state index in [1.54, 1.807) is 0 Å². The van der Waals surface area contributed by atoms with Gasteiger partial charge in [0.2, 0.25) is 0 Å². The summed E-state index contributed by atoms with van der Waals surface area (Å²) in [7, 11) is -9.92. The van der Waals surface area contributed by atoms with Gasteiger partial charge in [0, 0.05) is 25.7 Å². The molecule has 0 radical (unpaired) electrons. The average Bonchev–Trinajstić information content (AvgIpc) is 1.22. The van der Waals surface area contributed by atoms with Crippen molar-refractivity contribution in [2.24, 2.45) is 17.8 Å². The minimum absolute atomic E-state index is 0.106. The molecule has 7 atom stereocenters. The molecule has 17 nitrogen and oxygen atoms in total. The van der Waals surface area contributed by atoms with E-state index < -0.39 is 97.5 Å². The van der Waals surface area contributed by atoms with Crippen LogP contribution in [0.4, 0.5) is 0 Å². The molecule has 0 rings (SSSR count). The Bertz CT molecular complexity index is 1910. The minimum atomic E-state index is -4.96. The van der Waals surface area contributed by atoms with E-state index in [2.05, 4.69) is 48.5 Å². The number of esters is 4. The number of aliphatic hydroxyl groups excluding tert-OH is 1. The molecule has 3 N–H and O–H groups in total. The maximum Gasteiger partial charge on any atom is 0.472 e. The monoisotopic (exact) mass is 1440 g/mol. The van der Waals surface area contributed by atoms with E-state index in [4.69, 9.17) is 37.0 Å². The minimum Gasteiger partial charge on any atom is -0.462 e. The van der Waals surface area contributed by atoms with E-state index in [0.717, 1.165) is 114 Å². The number of hydrogen-bond donors (Lipinski definition) is 3. The number of aliphatic hydroxyl groups is 1. The summed E-state index contributed by atoms with van der Waals surface area (Å²) in [6.45, 7) is 12.0. The number of phosphoric acid groups is 2. The van der Waals surface area contributed by atoms with Crippen LogP contribution in [0.1, 0.15) is 408 Å². The van der Waals surface area contributed by atoms with Gasteiger partial charge in [0.15, 0.2) is 12.2 Å². The molecule has 0 aromatic heterocycles. The van der Waals surface area contributed by atoms with Gasteiger partial charge in [-0.05, 0) is 43.4 Å². The lowest BCUT2D eigenvalue weighted by atomic mass is 9.99. The SMILES string of the molecule is CCCCCCCCCCCCCCC(=O)O[C@H](COC(=O)CCCCCCCCC(C)CC)COP(=O)(O)OC[C@H](O)COP(=O)(O)OC[C@@H](COC(=O)CCCCCCCCCCCCCCCCC(C)CC)OC(=O)CCCCCCCCCCCCCCCCCC(C)C. The molecule has 0 saturated heterocycles. The predicted molar refractivity (Wildman–Crippen MR) is 400 cm³/mol. The average molecular weight is 1440 g/mol. The first-order valence-electron chi connectivity index (χ1n) is 40.9. The van der Waals surface area contributed by atoms with Crippen LogP contribution < -0.4 is 0 Å². The van der Waals surface area contributed by atoms with Crippen LogP contribution in [0.5, 0.6) is 0 Å². The van der Waals surface area contributed by atoms with Gasteiger partial charge in [0.05, 0.1) is 26.4 Å². The Kier molecular flexibility index (Phi) is 68.1. The third kappa shape index (κ3) is 69.8. The largest absolute Gasteiger partial charge is 0.472 e. The fraction of sp³-hybridized carbons (Fsp3) is 0.949. The summed E-state index contributed by atoms with van der Waals surface area (Å²) in [4.78, 5) is 72.9. The number of phosphoric ester groups is 2. The van der Waals surface area contributed by atoms with Gasteiger partial charge in [0.1, 0.15) is 19.3 Å². The zero-order valence-electron chi connectivity index (χ0n) is 64.3. The van der Waals surface area contributed by atoms with Crippen molar-refractivity contribution >= 4 is 39.5 Å². The molecule has 0 aromatic rings. The van der Waals surface area contributed by atoms with E-state index in [0.29, 0.717) is 25.7 Å². The van der Waals surface area contributed by atoms with Gasteiger partial charge >= 0.3 is 39.5 Å². The normalized spacial score (nSPS) is 14.6. The van der Waals surface area contributed by atoms with Gasteiger partial charge in [-0.1, -0.05) is 357 Å². The fourth-order valence-electron chi connectivity index (χ4n) is 12.1. The van der Waals surface area contributed by atoms with Crippen molar-refractivity contribution in [1.29, 1.82) is 0 Å². The molecule has 0 aliphatic heterocycles. The summed E-state index contributed by atoms with van der Waals surface area (Å²) in [6.07, 6.45) is 56.8. The zero-order chi connectivity index (χ0) is 72.3. The van der Waals surface area contributed by atoms with Gasteiger partial charge in [-0.15, -0.1) is 0 Å². The summed E-state index contributed by atoms with van der Waals surface area (Å²) in [6, 6.07) is 0. The number of hydrogen-bond acceptors (Lipinski definition) is 15. The van der Waals surface area contributed by atoms with Crippen LogP contribution in [0, 0.1) is 17.8 Å². The summed E-state index contributed by atoms with van der Waals surface area (Å²) in [5, 5.41) is 10.6. The lowest BCUT2D eigenvalue weighted by Crippen LogP contribution is -2.30. The van der Waals surface area contributed by atoms with Crippen molar-refractivity contribution in [2.75, 3.05) is 39.6 Å². The van der Waals surface area contributed by atoms with Crippen molar-refractivity contribution in [1.82, 2.24) is 0 Å². The van der Waals surface area contributed by atoms with Crippen LogP contribution in [0.2, 0.25) is 0 Å². The van der Waals surface area contributed by atoms with Gasteiger partial charge in [0.25, 0.3) is 0 Å². The number of ether oxygens (including phenoxy) is 4. The summed E-state index contributed by atoms with van der Waals surface area (Å²) >= 11 is 0. The van der Waals surface area contributed by atoms with Gasteiger partial charge in [-0.25, -0.2) is 9.13 Å². The van der Waals surface area contributed by atoms with E-state index in [1.165, 1.54) is 212 Å². The van der Waals surface area contributed by atoms with Crippen molar-refractivity contribution in [3.63, 3.8) is 0 Å². The molecule has 0 aliphatic rings. The Morgan fingerprint density at radius 3 is 0.776 bits per heavy atom. The second-order valence-corrected chi connectivity index (χ2v) is 32.3. The number of rotatable bonds is 77. The highest BCUT2D eigenvalue weighted by Crippen LogP contribution is 2.45. The molecule has 582 valence electrons. The quantitative estimate of drug-likeness (QED) is 0.0222. The molecule has 98 heavy (non-hydrogen) atoms. The van der Waals surface area contributed by atoms with Crippen LogP contribution in [-0.4, -0.2) is 96.7 Å². The van der Waals surface area contributed by atoms with E-state index in [-0.39, 0.29) is 25.7 Å². The molecule has 0 spiro atoms. The van der Waals surface area contributed by atoms with Crippen LogP contribution in [0.25, 0.3) is 0 Å². The Balaban J connectivity index is 5.24. The lowest BCUT2D eigenvalue weighted by Gasteiger charge is -2.21. The molecule has 0 aliphatic carbocycles. The van der Waals surface area contributed by atoms with Crippen molar-refractivity contribution in [3.05, 3.63) is 0 Å². The summed E-state index contributed by atoms with van der Waals surface area (Å²) in [5.41, 5.74) is 0. The molecule has 4 unspecified atom stereocenters. The highest BCUT2D eigenvalue weighted by Gasteiger charge is 2.30. The van der Waals surface area contributed by atoms with E-state index >= 15 is 0 Å².